The van der Waals surface area contributed by atoms with Gasteiger partial charge in [-0.05, 0) is 59.8 Å². The highest BCUT2D eigenvalue weighted by Crippen LogP contribution is 2.01. The van der Waals surface area contributed by atoms with E-state index in [-0.39, 0.29) is 34.9 Å². The maximum absolute atomic E-state index is 10.4. The molecule has 0 aromatic carbocycles. The molecule has 7 N–H and O–H groups in total. The minimum absolute atomic E-state index is 0.0347. The van der Waals surface area contributed by atoms with Crippen LogP contribution >= 0.6 is 0 Å². The molecule has 0 unspecified atom stereocenters. The zero-order valence-electron chi connectivity index (χ0n) is 27.2. The summed E-state index contributed by atoms with van der Waals surface area (Å²) in [6.45, 7) is 7.87. The van der Waals surface area contributed by atoms with Gasteiger partial charge in [0.25, 0.3) is 0 Å². The zero-order chi connectivity index (χ0) is 39.9. The van der Waals surface area contributed by atoms with Crippen LogP contribution in [-0.4, -0.2) is 101 Å². The third kappa shape index (κ3) is 54.3. The Morgan fingerprint density at radius 1 is 0.449 bits per heavy atom. The van der Waals surface area contributed by atoms with Gasteiger partial charge in [-0.3, -0.25) is 24.0 Å². The van der Waals surface area contributed by atoms with Crippen molar-refractivity contribution in [3.05, 3.63) is 71.4 Å². The molecule has 18 heteroatoms. The lowest BCUT2D eigenvalue weighted by atomic mass is 10.1. The Morgan fingerprint density at radius 2 is 0.857 bits per heavy atom. The molecule has 0 rings (SSSR count). The van der Waals surface area contributed by atoms with E-state index in [0.717, 1.165) is 31.2 Å². The zero-order valence-corrected chi connectivity index (χ0v) is 27.2. The van der Waals surface area contributed by atoms with Crippen molar-refractivity contribution in [3.63, 3.8) is 0 Å². The van der Waals surface area contributed by atoms with Gasteiger partial charge in [0.05, 0.1) is 12.0 Å². The topological polar surface area (TPSA) is 329 Å². The van der Waals surface area contributed by atoms with Crippen molar-refractivity contribution in [2.24, 2.45) is 0 Å². The maximum atomic E-state index is 10.4. The molecular formula is C31H38O18. The Bertz CT molecular complexity index is 1350. The van der Waals surface area contributed by atoms with E-state index in [9.17, 15) is 52.7 Å². The van der Waals surface area contributed by atoms with E-state index in [1.807, 2.05) is 0 Å². The molecule has 270 valence electrons. The standard InChI is InChI=1S/C7H8O5.C7H8O3.2C6H8O3.C5H6O4/c1-4(8)2-5(7(11)12)3-6(9)10;1-6(8)4-2-3-5-7(9)10;1-4(6(8)9)3-5(2)7;1-5(7)3-2-4-6(8)9;1-3(5(8)9)2-4(6)7/h2H,3H2,1H3,(H,9,10)(H,11,12);2-5H,1H3,(H,9,10);3H,1-2H3,(H,8,9);2,4H,3H2,1H3,(H,8,9);2H,1H3,(H,6,7)(H,8,9)/b5-2-;4-2+,5-3+;4-3-;4-2+;3-2+. The molecule has 18 nitrogen and oxygen atoms in total. The summed E-state index contributed by atoms with van der Waals surface area (Å²) in [6, 6.07) is 0. The van der Waals surface area contributed by atoms with E-state index < -0.39 is 59.6 Å². The van der Waals surface area contributed by atoms with E-state index in [0.29, 0.717) is 6.08 Å². The summed E-state index contributed by atoms with van der Waals surface area (Å²) < 4.78 is 0. The van der Waals surface area contributed by atoms with Crippen LogP contribution in [0.2, 0.25) is 0 Å². The van der Waals surface area contributed by atoms with Crippen LogP contribution < -0.4 is 0 Å². The normalized spacial score (nSPS) is 10.8. The average Bonchev–Trinajstić information content (AvgIpc) is 2.90. The van der Waals surface area contributed by atoms with Gasteiger partial charge in [-0.2, -0.15) is 0 Å². The molecule has 0 aromatic rings. The molecule has 0 fully saturated rings. The van der Waals surface area contributed by atoms with Crippen molar-refractivity contribution < 1.29 is 88.5 Å². The fourth-order valence-corrected chi connectivity index (χ4v) is 1.86. The van der Waals surface area contributed by atoms with Crippen LogP contribution in [0.1, 0.15) is 54.4 Å². The van der Waals surface area contributed by atoms with Crippen LogP contribution in [0.25, 0.3) is 0 Å². The van der Waals surface area contributed by atoms with Gasteiger partial charge < -0.3 is 35.7 Å². The Balaban J connectivity index is -0.000000165. The summed E-state index contributed by atoms with van der Waals surface area (Å²) in [6.07, 6.45) is 9.30. The molecule has 49 heavy (non-hydrogen) atoms. The molecule has 0 saturated carbocycles. The predicted octanol–water partition coefficient (Wildman–Crippen LogP) is 2.15. The van der Waals surface area contributed by atoms with E-state index in [2.05, 4.69) is 0 Å². The number of allylic oxidation sites excluding steroid dienone is 6. The minimum Gasteiger partial charge on any atom is -0.481 e. The molecule has 0 radical (unpaired) electrons. The number of Topliss-reactive ketones (excluding diaryl/α,β-unsaturated/α-hetero) is 1. The number of carboxylic acid groups (broad SMARTS) is 7. The molecule has 0 heterocycles. The number of ketones is 4. The van der Waals surface area contributed by atoms with Crippen molar-refractivity contribution in [2.75, 3.05) is 0 Å². The molecule has 0 aliphatic carbocycles. The molecule has 0 aliphatic rings. The summed E-state index contributed by atoms with van der Waals surface area (Å²) >= 11 is 0. The van der Waals surface area contributed by atoms with E-state index in [4.69, 9.17) is 35.7 Å². The van der Waals surface area contributed by atoms with Crippen LogP contribution in [0.15, 0.2) is 71.4 Å². The van der Waals surface area contributed by atoms with Crippen LogP contribution in [0, 0.1) is 0 Å². The largest absolute Gasteiger partial charge is 0.481 e. The van der Waals surface area contributed by atoms with Crippen LogP contribution in [-0.2, 0) is 52.7 Å². The van der Waals surface area contributed by atoms with Crippen molar-refractivity contribution in [1.82, 2.24) is 0 Å². The van der Waals surface area contributed by atoms with Gasteiger partial charge in [0.2, 0.25) is 0 Å². The highest BCUT2D eigenvalue weighted by atomic mass is 16.4. The SMILES string of the molecule is C/C(=C\C(=O)O)C(=O)O.CC(=O)/C=C(/C)C(=O)O.CC(=O)/C=C(/CC(=O)O)C(=O)O.CC(=O)/C=C/C=C/C(=O)O.CC(=O)C/C=C/C(=O)O. The second kappa shape index (κ2) is 31.4. The van der Waals surface area contributed by atoms with Crippen LogP contribution in [0.3, 0.4) is 0 Å². The number of hydrogen-bond acceptors (Lipinski definition) is 11. The monoisotopic (exact) mass is 698 g/mol. The van der Waals surface area contributed by atoms with Crippen molar-refractivity contribution in [2.45, 2.75) is 54.4 Å². The third-order valence-electron chi connectivity index (χ3n) is 3.77. The average molecular weight is 699 g/mol. The molecule has 0 amide bonds. The van der Waals surface area contributed by atoms with Gasteiger partial charge >= 0.3 is 41.8 Å². The fraction of sp³-hybridized carbons (Fsp3) is 0.258. The lowest BCUT2D eigenvalue weighted by molar-refractivity contribution is -0.139. The smallest absolute Gasteiger partial charge is 0.332 e. The molecule has 0 bridgehead atoms. The number of aliphatic carboxylic acids is 7. The van der Waals surface area contributed by atoms with Gasteiger partial charge in [0, 0.05) is 35.8 Å². The van der Waals surface area contributed by atoms with E-state index >= 15 is 0 Å². The summed E-state index contributed by atoms with van der Waals surface area (Å²) in [5, 5.41) is 57.0. The Morgan fingerprint density at radius 3 is 1.10 bits per heavy atom. The Labute approximate surface area is 279 Å². The molecule has 0 aliphatic heterocycles. The Kier molecular flexibility index (Phi) is 33.3. The summed E-state index contributed by atoms with van der Waals surface area (Å²) in [5.41, 5.74) is -0.514. The summed E-state index contributed by atoms with van der Waals surface area (Å²) in [4.78, 5) is 111. The van der Waals surface area contributed by atoms with Gasteiger partial charge in [0.15, 0.2) is 17.3 Å². The first-order valence-electron chi connectivity index (χ1n) is 13.0. The molecule has 0 saturated heterocycles. The molecule has 0 spiro atoms. The van der Waals surface area contributed by atoms with Crippen LogP contribution in [0.4, 0.5) is 0 Å². The summed E-state index contributed by atoms with van der Waals surface area (Å²) in [5.74, 6) is -9.05. The number of hydrogen-bond donors (Lipinski definition) is 7. The van der Waals surface area contributed by atoms with Crippen LogP contribution in [0.5, 0.6) is 0 Å². The fourth-order valence-electron chi connectivity index (χ4n) is 1.86. The molecule has 0 atom stereocenters. The van der Waals surface area contributed by atoms with Gasteiger partial charge in [-0.15, -0.1) is 0 Å². The van der Waals surface area contributed by atoms with Crippen molar-refractivity contribution in [1.29, 1.82) is 0 Å². The first kappa shape index (κ1) is 52.0. The predicted molar refractivity (Wildman–Crippen MR) is 168 cm³/mol. The highest BCUT2D eigenvalue weighted by molar-refractivity contribution is 6.00. The summed E-state index contributed by atoms with van der Waals surface area (Å²) in [7, 11) is 0. The van der Waals surface area contributed by atoms with Crippen molar-refractivity contribution in [3.8, 4) is 0 Å². The number of rotatable bonds is 14. The van der Waals surface area contributed by atoms with E-state index in [1.54, 1.807) is 0 Å². The first-order chi connectivity index (χ1) is 22.3. The second-order valence-corrected chi connectivity index (χ2v) is 8.68. The first-order valence-corrected chi connectivity index (χ1v) is 13.0. The highest BCUT2D eigenvalue weighted by Gasteiger charge is 2.12. The lowest BCUT2D eigenvalue weighted by Gasteiger charge is -1.95. The number of carbonyl (C=O) groups is 11. The van der Waals surface area contributed by atoms with Gasteiger partial charge in [-0.1, -0.05) is 18.2 Å². The van der Waals surface area contributed by atoms with Gasteiger partial charge in [0.1, 0.15) is 5.78 Å². The maximum Gasteiger partial charge on any atom is 0.332 e. The number of carboxylic acids is 7. The molecule has 0 aromatic heterocycles. The number of carbonyl (C=O) groups excluding carboxylic acids is 4. The third-order valence-corrected chi connectivity index (χ3v) is 3.77. The van der Waals surface area contributed by atoms with Gasteiger partial charge in [-0.25, -0.2) is 28.8 Å². The van der Waals surface area contributed by atoms with Crippen molar-refractivity contribution >= 4 is 64.9 Å². The Hall–Kier alpha value is -6.59. The lowest BCUT2D eigenvalue weighted by Crippen LogP contribution is -2.08. The van der Waals surface area contributed by atoms with E-state index in [1.165, 1.54) is 58.9 Å². The minimum atomic E-state index is -1.38. The second-order valence-electron chi connectivity index (χ2n) is 8.68. The molecular weight excluding hydrogens is 660 g/mol. The quantitative estimate of drug-likeness (QED) is 0.101.